The van der Waals surface area contributed by atoms with Gasteiger partial charge in [-0.25, -0.2) is 0 Å². The molecule has 1 atom stereocenters. The van der Waals surface area contributed by atoms with Crippen LogP contribution >= 0.6 is 0 Å². The molecule has 1 aliphatic rings. The van der Waals surface area contributed by atoms with Crippen molar-refractivity contribution in [3.05, 3.63) is 71.3 Å². The van der Waals surface area contributed by atoms with Crippen molar-refractivity contribution in [2.45, 2.75) is 32.1 Å². The topological polar surface area (TPSA) is 52.6 Å². The van der Waals surface area contributed by atoms with Gasteiger partial charge in [-0.2, -0.15) is 0 Å². The van der Waals surface area contributed by atoms with Crippen molar-refractivity contribution in [3.63, 3.8) is 0 Å². The van der Waals surface area contributed by atoms with Crippen molar-refractivity contribution < 1.29 is 19.1 Å². The summed E-state index contributed by atoms with van der Waals surface area (Å²) in [4.78, 5) is 26.1. The molecule has 1 fully saturated rings. The lowest BCUT2D eigenvalue weighted by Crippen LogP contribution is -2.40. The van der Waals surface area contributed by atoms with E-state index in [1.165, 1.54) is 7.11 Å². The second kappa shape index (κ2) is 8.49. The molecule has 0 bridgehead atoms. The molecule has 0 spiro atoms. The number of ketones is 1. The van der Waals surface area contributed by atoms with E-state index in [1.54, 1.807) is 0 Å². The summed E-state index contributed by atoms with van der Waals surface area (Å²) in [5, 5.41) is 0. The highest BCUT2D eigenvalue weighted by molar-refractivity contribution is 6.01. The molecule has 1 heterocycles. The van der Waals surface area contributed by atoms with Crippen molar-refractivity contribution in [2.75, 3.05) is 20.3 Å². The minimum Gasteiger partial charge on any atom is -0.469 e. The monoisotopic (exact) mass is 366 g/mol. The number of carbonyl (C=O) groups is 2. The third-order valence-corrected chi connectivity index (χ3v) is 5.52. The Labute approximate surface area is 160 Å². The molecule has 1 aliphatic heterocycles. The molecule has 4 nitrogen and oxygen atoms in total. The molecule has 2 aromatic carbocycles. The van der Waals surface area contributed by atoms with Crippen LogP contribution < -0.4 is 0 Å². The zero-order valence-electron chi connectivity index (χ0n) is 15.9. The first-order chi connectivity index (χ1) is 13.1. The van der Waals surface area contributed by atoms with Crippen LogP contribution in [0.5, 0.6) is 0 Å². The predicted molar refractivity (Wildman–Crippen MR) is 104 cm³/mol. The Morgan fingerprint density at radius 1 is 1.04 bits per heavy atom. The van der Waals surface area contributed by atoms with Crippen LogP contribution in [0.1, 0.15) is 46.7 Å². The number of aryl methyl sites for hydroxylation is 1. The van der Waals surface area contributed by atoms with Gasteiger partial charge < -0.3 is 9.47 Å². The second-order valence-corrected chi connectivity index (χ2v) is 7.28. The summed E-state index contributed by atoms with van der Waals surface area (Å²) in [5.74, 6) is -0.606. The van der Waals surface area contributed by atoms with Gasteiger partial charge in [0.1, 0.15) is 0 Å². The summed E-state index contributed by atoms with van der Waals surface area (Å²) in [6.07, 6.45) is 1.58. The fraction of sp³-hybridized carbons (Fsp3) is 0.391. The molecule has 27 heavy (non-hydrogen) atoms. The van der Waals surface area contributed by atoms with Gasteiger partial charge in [-0.1, -0.05) is 60.2 Å². The third-order valence-electron chi connectivity index (χ3n) is 5.52. The van der Waals surface area contributed by atoms with E-state index in [1.807, 2.05) is 61.5 Å². The molecule has 0 amide bonds. The molecule has 0 aliphatic carbocycles. The Hall–Kier alpha value is -2.46. The minimum atomic E-state index is -0.687. The van der Waals surface area contributed by atoms with Crippen molar-refractivity contribution in [1.29, 1.82) is 0 Å². The Balaban J connectivity index is 1.98. The van der Waals surface area contributed by atoms with Crippen molar-refractivity contribution in [2.24, 2.45) is 5.41 Å². The first-order valence-corrected chi connectivity index (χ1v) is 9.38. The van der Waals surface area contributed by atoms with Gasteiger partial charge in [0, 0.05) is 24.7 Å². The van der Waals surface area contributed by atoms with Crippen LogP contribution in [0.4, 0.5) is 0 Å². The SMILES string of the molecule is COC(=O)C1(CC(C(=O)c2ccc(C)cc2)c2ccccc2)CCOCC1. The Morgan fingerprint density at radius 3 is 2.26 bits per heavy atom. The van der Waals surface area contributed by atoms with E-state index in [-0.39, 0.29) is 11.8 Å². The normalized spacial score (nSPS) is 17.1. The lowest BCUT2D eigenvalue weighted by atomic mass is 9.70. The zero-order valence-corrected chi connectivity index (χ0v) is 15.9. The molecule has 0 N–H and O–H groups in total. The maximum absolute atomic E-state index is 13.4. The molecule has 0 aromatic heterocycles. The molecule has 1 saturated heterocycles. The van der Waals surface area contributed by atoms with Crippen LogP contribution in [-0.4, -0.2) is 32.1 Å². The summed E-state index contributed by atoms with van der Waals surface area (Å²) >= 11 is 0. The van der Waals surface area contributed by atoms with Gasteiger partial charge in [0.25, 0.3) is 0 Å². The summed E-state index contributed by atoms with van der Waals surface area (Å²) in [5.41, 5.74) is 2.02. The van der Waals surface area contributed by atoms with E-state index in [0.29, 0.717) is 38.0 Å². The predicted octanol–water partition coefficient (Wildman–Crippen LogP) is 4.32. The van der Waals surface area contributed by atoms with Gasteiger partial charge >= 0.3 is 5.97 Å². The van der Waals surface area contributed by atoms with Crippen molar-refractivity contribution in [1.82, 2.24) is 0 Å². The number of methoxy groups -OCH3 is 1. The van der Waals surface area contributed by atoms with E-state index >= 15 is 0 Å². The van der Waals surface area contributed by atoms with Crippen LogP contribution in [0.3, 0.4) is 0 Å². The van der Waals surface area contributed by atoms with E-state index < -0.39 is 11.3 Å². The van der Waals surface area contributed by atoms with E-state index in [0.717, 1.165) is 11.1 Å². The number of benzene rings is 2. The average Bonchev–Trinajstić information content (AvgIpc) is 2.73. The van der Waals surface area contributed by atoms with Crippen LogP contribution in [0.25, 0.3) is 0 Å². The number of esters is 1. The molecule has 1 unspecified atom stereocenters. The number of hydrogen-bond acceptors (Lipinski definition) is 4. The third kappa shape index (κ3) is 4.28. The lowest BCUT2D eigenvalue weighted by molar-refractivity contribution is -0.159. The van der Waals surface area contributed by atoms with Gasteiger partial charge in [0.05, 0.1) is 12.5 Å². The van der Waals surface area contributed by atoms with Crippen LogP contribution in [0, 0.1) is 12.3 Å². The van der Waals surface area contributed by atoms with E-state index in [9.17, 15) is 9.59 Å². The summed E-state index contributed by atoms with van der Waals surface area (Å²) in [6.45, 7) is 3.02. The van der Waals surface area contributed by atoms with Gasteiger partial charge in [-0.15, -0.1) is 0 Å². The van der Waals surface area contributed by atoms with E-state index in [2.05, 4.69) is 0 Å². The first kappa shape index (κ1) is 19.3. The summed E-state index contributed by atoms with van der Waals surface area (Å²) in [7, 11) is 1.42. The molecule has 3 rings (SSSR count). The van der Waals surface area contributed by atoms with Crippen LogP contribution in [-0.2, 0) is 14.3 Å². The summed E-state index contributed by atoms with van der Waals surface area (Å²) < 4.78 is 10.6. The fourth-order valence-electron chi connectivity index (χ4n) is 3.83. The molecule has 4 heteroatoms. The first-order valence-electron chi connectivity index (χ1n) is 9.38. The van der Waals surface area contributed by atoms with E-state index in [4.69, 9.17) is 9.47 Å². The molecule has 142 valence electrons. The summed E-state index contributed by atoms with van der Waals surface area (Å²) in [6, 6.07) is 17.3. The second-order valence-electron chi connectivity index (χ2n) is 7.28. The molecule has 0 radical (unpaired) electrons. The van der Waals surface area contributed by atoms with Gasteiger partial charge in [-0.05, 0) is 31.7 Å². The van der Waals surface area contributed by atoms with Crippen molar-refractivity contribution >= 4 is 11.8 Å². The minimum absolute atomic E-state index is 0.0379. The standard InChI is InChI=1S/C23H26O4/c1-17-8-10-19(11-9-17)21(24)20(18-6-4-3-5-7-18)16-23(22(25)26-2)12-14-27-15-13-23/h3-11,20H,12-16H2,1-2H3. The van der Waals surface area contributed by atoms with Crippen LogP contribution in [0.2, 0.25) is 0 Å². The molecule has 0 saturated carbocycles. The number of carbonyl (C=O) groups excluding carboxylic acids is 2. The number of Topliss-reactive ketones (excluding diaryl/α,β-unsaturated/α-hetero) is 1. The lowest BCUT2D eigenvalue weighted by Gasteiger charge is -2.37. The maximum atomic E-state index is 13.4. The van der Waals surface area contributed by atoms with Gasteiger partial charge in [0.15, 0.2) is 5.78 Å². The Morgan fingerprint density at radius 2 is 1.67 bits per heavy atom. The largest absolute Gasteiger partial charge is 0.469 e. The molecular weight excluding hydrogens is 340 g/mol. The maximum Gasteiger partial charge on any atom is 0.312 e. The average molecular weight is 366 g/mol. The highest BCUT2D eigenvalue weighted by Crippen LogP contribution is 2.42. The highest BCUT2D eigenvalue weighted by atomic mass is 16.5. The fourth-order valence-corrected chi connectivity index (χ4v) is 3.83. The molecule has 2 aromatic rings. The number of ether oxygens (including phenoxy) is 2. The molecular formula is C23H26O4. The van der Waals surface area contributed by atoms with Crippen molar-refractivity contribution in [3.8, 4) is 0 Å². The number of rotatable bonds is 6. The quantitative estimate of drug-likeness (QED) is 0.564. The van der Waals surface area contributed by atoms with Gasteiger partial charge in [-0.3, -0.25) is 9.59 Å². The highest BCUT2D eigenvalue weighted by Gasteiger charge is 2.44. The zero-order chi connectivity index (χ0) is 19.3. The Kier molecular flexibility index (Phi) is 6.07. The van der Waals surface area contributed by atoms with Crippen LogP contribution in [0.15, 0.2) is 54.6 Å². The number of hydrogen-bond donors (Lipinski definition) is 0. The van der Waals surface area contributed by atoms with Gasteiger partial charge in [0.2, 0.25) is 0 Å². The smallest absolute Gasteiger partial charge is 0.312 e. The Bertz CT molecular complexity index is 774.